The Bertz CT molecular complexity index is 1400. The lowest BCUT2D eigenvalue weighted by Gasteiger charge is -2.14. The molecule has 4 N–H and O–H groups in total. The number of fused-ring (bicyclic) bond motifs is 1. The molecule has 4 rings (SSSR count). The van der Waals surface area contributed by atoms with Crippen LogP contribution in [-0.2, 0) is 6.42 Å². The number of rotatable bonds is 5. The van der Waals surface area contributed by atoms with E-state index in [1.807, 2.05) is 26.1 Å². The molecule has 0 aliphatic carbocycles. The summed E-state index contributed by atoms with van der Waals surface area (Å²) in [5, 5.41) is 9.98. The zero-order valence-electron chi connectivity index (χ0n) is 18.9. The molecule has 0 bridgehead atoms. The van der Waals surface area contributed by atoms with Crippen LogP contribution in [0.1, 0.15) is 17.0 Å². The third-order valence-electron chi connectivity index (χ3n) is 5.00. The Morgan fingerprint density at radius 3 is 2.57 bits per heavy atom. The fraction of sp³-hybridized carbons (Fsp3) is 0.167. The average Bonchev–Trinajstić information content (AvgIpc) is 3.17. The number of aromatic amines is 1. The summed E-state index contributed by atoms with van der Waals surface area (Å²) >= 11 is 11.2. The van der Waals surface area contributed by atoms with E-state index >= 15 is 0 Å². The van der Waals surface area contributed by atoms with Crippen LogP contribution in [-0.4, -0.2) is 32.6 Å². The fourth-order valence-electron chi connectivity index (χ4n) is 3.49. The van der Waals surface area contributed by atoms with Crippen LogP contribution in [0, 0.1) is 25.5 Å². The molecule has 2 aromatic heterocycles. The molecule has 0 aliphatic heterocycles. The van der Waals surface area contributed by atoms with Gasteiger partial charge in [-0.15, -0.1) is 0 Å². The van der Waals surface area contributed by atoms with Crippen molar-refractivity contribution in [3.63, 3.8) is 0 Å². The molecular formula is C24H22ClF2N7S. The molecule has 11 heteroatoms. The highest BCUT2D eigenvalue weighted by Gasteiger charge is 2.10. The van der Waals surface area contributed by atoms with E-state index in [0.29, 0.717) is 30.6 Å². The number of nitrogens with one attached hydrogen (secondary N) is 4. The predicted molar refractivity (Wildman–Crippen MR) is 140 cm³/mol. The highest BCUT2D eigenvalue weighted by Crippen LogP contribution is 2.20. The molecule has 0 saturated heterocycles. The van der Waals surface area contributed by atoms with Gasteiger partial charge in [-0.25, -0.2) is 18.7 Å². The van der Waals surface area contributed by atoms with Gasteiger partial charge in [0.1, 0.15) is 11.6 Å². The Morgan fingerprint density at radius 2 is 1.83 bits per heavy atom. The third-order valence-corrected chi connectivity index (χ3v) is 5.50. The van der Waals surface area contributed by atoms with Gasteiger partial charge in [0, 0.05) is 40.7 Å². The molecule has 0 atom stereocenters. The second-order valence-corrected chi connectivity index (χ2v) is 8.61. The minimum Gasteiger partial charge on any atom is -0.361 e. The van der Waals surface area contributed by atoms with Crippen molar-refractivity contribution in [2.75, 3.05) is 17.2 Å². The number of H-pyrrole nitrogens is 1. The summed E-state index contributed by atoms with van der Waals surface area (Å²) in [5.41, 5.74) is 3.89. The summed E-state index contributed by atoms with van der Waals surface area (Å²) in [6, 6.07) is 10.7. The minimum atomic E-state index is -0.524. The van der Waals surface area contributed by atoms with E-state index in [4.69, 9.17) is 23.8 Å². The number of aryl methyl sites for hydroxylation is 2. The second-order valence-electron chi connectivity index (χ2n) is 7.79. The third kappa shape index (κ3) is 6.49. The topological polar surface area (TPSA) is 90.0 Å². The second kappa shape index (κ2) is 10.7. The number of benzene rings is 2. The summed E-state index contributed by atoms with van der Waals surface area (Å²) < 4.78 is 27.2. The molecule has 180 valence electrons. The van der Waals surface area contributed by atoms with Crippen LogP contribution in [0.25, 0.3) is 10.9 Å². The number of nitrogens with zero attached hydrogens (tertiary/aromatic N) is 3. The molecule has 0 spiro atoms. The highest BCUT2D eigenvalue weighted by atomic mass is 35.5. The van der Waals surface area contributed by atoms with E-state index in [1.165, 1.54) is 30.3 Å². The van der Waals surface area contributed by atoms with E-state index in [2.05, 4.69) is 35.9 Å². The Morgan fingerprint density at radius 1 is 1.06 bits per heavy atom. The van der Waals surface area contributed by atoms with Gasteiger partial charge in [0.15, 0.2) is 5.11 Å². The normalized spacial score (nSPS) is 11.5. The maximum absolute atomic E-state index is 13.7. The molecular weight excluding hydrogens is 492 g/mol. The number of aromatic nitrogens is 3. The first-order valence-electron chi connectivity index (χ1n) is 10.7. The van der Waals surface area contributed by atoms with Crippen molar-refractivity contribution in [3.8, 4) is 0 Å². The van der Waals surface area contributed by atoms with Crippen LogP contribution in [0.2, 0.25) is 5.02 Å². The molecule has 0 radical (unpaired) electrons. The quantitative estimate of drug-likeness (QED) is 0.160. The minimum absolute atomic E-state index is 0.0244. The lowest BCUT2D eigenvalue weighted by atomic mass is 10.1. The van der Waals surface area contributed by atoms with Gasteiger partial charge >= 0.3 is 0 Å². The number of halogens is 3. The maximum atomic E-state index is 13.7. The van der Waals surface area contributed by atoms with Crippen molar-refractivity contribution in [1.29, 1.82) is 0 Å². The first kappa shape index (κ1) is 24.5. The summed E-state index contributed by atoms with van der Waals surface area (Å²) in [6.07, 6.45) is 2.40. The summed E-state index contributed by atoms with van der Waals surface area (Å²) in [7, 11) is 0. The van der Waals surface area contributed by atoms with Crippen LogP contribution >= 0.6 is 23.8 Å². The molecule has 35 heavy (non-hydrogen) atoms. The zero-order valence-corrected chi connectivity index (χ0v) is 20.5. The van der Waals surface area contributed by atoms with Gasteiger partial charge in [0.25, 0.3) is 0 Å². The molecule has 2 heterocycles. The van der Waals surface area contributed by atoms with Crippen molar-refractivity contribution in [2.24, 2.45) is 4.99 Å². The van der Waals surface area contributed by atoms with E-state index in [-0.39, 0.29) is 16.0 Å². The largest absolute Gasteiger partial charge is 0.361 e. The van der Waals surface area contributed by atoms with Crippen LogP contribution in [0.3, 0.4) is 0 Å². The number of guanidine groups is 1. The van der Waals surface area contributed by atoms with Gasteiger partial charge in [-0.2, -0.15) is 0 Å². The molecule has 7 nitrogen and oxygen atoms in total. The van der Waals surface area contributed by atoms with Gasteiger partial charge in [0.05, 0.1) is 5.02 Å². The van der Waals surface area contributed by atoms with Gasteiger partial charge in [0.2, 0.25) is 11.9 Å². The van der Waals surface area contributed by atoms with Crippen molar-refractivity contribution in [1.82, 2.24) is 20.3 Å². The molecule has 4 aromatic rings. The molecule has 0 unspecified atom stereocenters. The lowest BCUT2D eigenvalue weighted by Crippen LogP contribution is -2.39. The van der Waals surface area contributed by atoms with E-state index in [1.54, 1.807) is 6.07 Å². The van der Waals surface area contributed by atoms with Gasteiger partial charge in [-0.1, -0.05) is 11.6 Å². The number of aliphatic imine (C=N–C) groups is 1. The van der Waals surface area contributed by atoms with Crippen molar-refractivity contribution >= 4 is 57.4 Å². The molecule has 0 amide bonds. The Balaban J connectivity index is 1.51. The van der Waals surface area contributed by atoms with Crippen LogP contribution in [0.4, 0.5) is 20.4 Å². The summed E-state index contributed by atoms with van der Waals surface area (Å²) in [4.78, 5) is 16.5. The summed E-state index contributed by atoms with van der Waals surface area (Å²) in [6.45, 7) is 4.10. The fourth-order valence-corrected chi connectivity index (χ4v) is 3.88. The monoisotopic (exact) mass is 513 g/mol. The molecule has 0 saturated carbocycles. The SMILES string of the molecule is Cc1cc(C)nc(NC(=NCCc2c[nH]c3ccc(F)cc23)NC(=S)Nc2ccc(F)c(Cl)c2)n1. The standard InChI is InChI=1S/C24H22ClF2N7S/c1-13-9-14(2)31-23(30-13)33-22(34-24(35)32-17-4-5-20(27)19(25)11-17)28-8-7-15-12-29-21-6-3-16(26)10-18(15)21/h3-6,9-12,29H,7-8H2,1-2H3,(H3,28,30,31,32,33,34,35). The van der Waals surface area contributed by atoms with Crippen LogP contribution < -0.4 is 16.0 Å². The molecule has 0 fully saturated rings. The average molecular weight is 514 g/mol. The first-order valence-corrected chi connectivity index (χ1v) is 11.5. The number of anilines is 2. The molecule has 2 aromatic carbocycles. The lowest BCUT2D eigenvalue weighted by molar-refractivity contribution is 0.628. The summed E-state index contributed by atoms with van der Waals surface area (Å²) in [5.74, 6) is -0.151. The zero-order chi connectivity index (χ0) is 24.9. The Kier molecular flexibility index (Phi) is 7.52. The number of hydrogen-bond donors (Lipinski definition) is 4. The number of thiocarbonyl (C=S) groups is 1. The predicted octanol–water partition coefficient (Wildman–Crippen LogP) is 5.50. The Labute approximate surface area is 211 Å². The van der Waals surface area contributed by atoms with Crippen LogP contribution in [0.15, 0.2) is 53.7 Å². The maximum Gasteiger partial charge on any atom is 0.229 e. The van der Waals surface area contributed by atoms with E-state index in [9.17, 15) is 8.78 Å². The number of hydrogen-bond acceptors (Lipinski definition) is 4. The molecule has 0 aliphatic rings. The van der Waals surface area contributed by atoms with Gasteiger partial charge < -0.3 is 15.6 Å². The van der Waals surface area contributed by atoms with Crippen molar-refractivity contribution in [2.45, 2.75) is 20.3 Å². The van der Waals surface area contributed by atoms with Gasteiger partial charge in [-0.05, 0) is 80.5 Å². The van der Waals surface area contributed by atoms with Crippen LogP contribution in [0.5, 0.6) is 0 Å². The van der Waals surface area contributed by atoms with E-state index < -0.39 is 5.82 Å². The van der Waals surface area contributed by atoms with Crippen molar-refractivity contribution in [3.05, 3.63) is 82.3 Å². The van der Waals surface area contributed by atoms with E-state index in [0.717, 1.165) is 27.9 Å². The highest BCUT2D eigenvalue weighted by molar-refractivity contribution is 7.80. The first-order chi connectivity index (χ1) is 16.8. The smallest absolute Gasteiger partial charge is 0.229 e. The Hall–Kier alpha value is -3.63. The van der Waals surface area contributed by atoms with Gasteiger partial charge in [-0.3, -0.25) is 10.3 Å². The van der Waals surface area contributed by atoms with Crippen molar-refractivity contribution < 1.29 is 8.78 Å².